The van der Waals surface area contributed by atoms with E-state index < -0.39 is 5.97 Å². The van der Waals surface area contributed by atoms with Crippen molar-refractivity contribution in [3.63, 3.8) is 0 Å². The topological polar surface area (TPSA) is 70.5 Å². The monoisotopic (exact) mass is 414 g/mol. The Hall–Kier alpha value is -3.93. The van der Waals surface area contributed by atoms with Crippen molar-refractivity contribution in [2.24, 2.45) is 0 Å². The van der Waals surface area contributed by atoms with E-state index in [0.29, 0.717) is 29.4 Å². The highest BCUT2D eigenvalue weighted by atomic mass is 16.5. The molecular weight excluding hydrogens is 392 g/mol. The number of carbonyl (C=O) groups is 1. The Balaban J connectivity index is 1.74. The molecule has 0 aliphatic carbocycles. The molecule has 0 atom stereocenters. The summed E-state index contributed by atoms with van der Waals surface area (Å²) in [6.45, 7) is 4.01. The summed E-state index contributed by atoms with van der Waals surface area (Å²) in [5, 5.41) is 1.80. The zero-order chi connectivity index (χ0) is 21.8. The molecule has 0 aliphatic rings. The van der Waals surface area contributed by atoms with Crippen LogP contribution in [-0.2, 0) is 9.53 Å². The summed E-state index contributed by atoms with van der Waals surface area (Å²) >= 11 is 0. The second kappa shape index (κ2) is 8.83. The Morgan fingerprint density at radius 1 is 1.03 bits per heavy atom. The number of methoxy groups -OCH3 is 1. The highest BCUT2D eigenvalue weighted by Crippen LogP contribution is 2.35. The van der Waals surface area contributed by atoms with Crippen LogP contribution in [-0.4, -0.2) is 29.7 Å². The van der Waals surface area contributed by atoms with Gasteiger partial charge in [-0.25, -0.2) is 9.78 Å². The van der Waals surface area contributed by atoms with Crippen molar-refractivity contribution in [3.8, 4) is 17.2 Å². The average Bonchev–Trinajstić information content (AvgIpc) is 2.78. The normalized spacial score (nSPS) is 11.2. The molecule has 0 unspecified atom stereocenters. The number of aromatic nitrogens is 2. The van der Waals surface area contributed by atoms with Crippen molar-refractivity contribution < 1.29 is 19.0 Å². The number of carbonyl (C=O) groups excluding carboxylic acids is 1. The molecule has 6 heteroatoms. The fraction of sp³-hybridized carbons (Fsp3) is 0.160. The van der Waals surface area contributed by atoms with Gasteiger partial charge in [0.2, 0.25) is 0 Å². The lowest BCUT2D eigenvalue weighted by molar-refractivity contribution is -0.137. The lowest BCUT2D eigenvalue weighted by Crippen LogP contribution is -1.99. The Bertz CT molecular complexity index is 1300. The van der Waals surface area contributed by atoms with Crippen LogP contribution in [0.25, 0.3) is 27.9 Å². The minimum atomic E-state index is -0.408. The van der Waals surface area contributed by atoms with Crippen LogP contribution in [0.1, 0.15) is 18.2 Å². The summed E-state index contributed by atoms with van der Waals surface area (Å²) in [4.78, 5) is 20.8. The van der Waals surface area contributed by atoms with Gasteiger partial charge in [0.15, 0.2) is 0 Å². The number of rotatable bonds is 6. The highest BCUT2D eigenvalue weighted by Gasteiger charge is 2.12. The smallest absolute Gasteiger partial charge is 0.330 e. The van der Waals surface area contributed by atoms with E-state index in [-0.39, 0.29) is 0 Å². The second-order valence-electron chi connectivity index (χ2n) is 6.87. The molecule has 0 saturated carbocycles. The maximum Gasteiger partial charge on any atom is 0.330 e. The molecule has 31 heavy (non-hydrogen) atoms. The molecule has 0 saturated heterocycles. The summed E-state index contributed by atoms with van der Waals surface area (Å²) in [5.74, 6) is 1.51. The van der Waals surface area contributed by atoms with Crippen molar-refractivity contribution in [2.45, 2.75) is 13.8 Å². The molecule has 0 aliphatic heterocycles. The third-order valence-corrected chi connectivity index (χ3v) is 4.83. The standard InChI is InChI=1S/C25H22N2O4/c1-4-30-25(28)10-9-18-13-21-19(15-24(18)29-3)22(11-12-26-21)31-23-14-17-7-5-6-8-20(17)27-16(23)2/h5-15H,4H2,1-3H3. The minimum absolute atomic E-state index is 0.323. The van der Waals surface area contributed by atoms with Gasteiger partial charge in [0.05, 0.1) is 30.4 Å². The van der Waals surface area contributed by atoms with Crippen molar-refractivity contribution in [1.82, 2.24) is 9.97 Å². The average molecular weight is 414 g/mol. The minimum Gasteiger partial charge on any atom is -0.496 e. The van der Waals surface area contributed by atoms with Gasteiger partial charge in [0.1, 0.15) is 17.2 Å². The van der Waals surface area contributed by atoms with E-state index in [1.54, 1.807) is 26.3 Å². The quantitative estimate of drug-likeness (QED) is 0.308. The predicted octanol–water partition coefficient (Wildman–Crippen LogP) is 5.47. The lowest BCUT2D eigenvalue weighted by atomic mass is 10.1. The van der Waals surface area contributed by atoms with Gasteiger partial charge in [0, 0.05) is 28.6 Å². The van der Waals surface area contributed by atoms with Crippen LogP contribution in [0.3, 0.4) is 0 Å². The molecule has 0 amide bonds. The molecule has 156 valence electrons. The van der Waals surface area contributed by atoms with E-state index in [2.05, 4.69) is 9.97 Å². The molecule has 0 bridgehead atoms. The van der Waals surface area contributed by atoms with E-state index in [1.807, 2.05) is 55.5 Å². The first kappa shape index (κ1) is 20.3. The molecule has 0 radical (unpaired) electrons. The number of benzene rings is 2. The summed E-state index contributed by atoms with van der Waals surface area (Å²) in [6, 6.07) is 15.4. The van der Waals surface area contributed by atoms with Gasteiger partial charge in [-0.05, 0) is 50.3 Å². The van der Waals surface area contributed by atoms with E-state index in [9.17, 15) is 4.79 Å². The Morgan fingerprint density at radius 2 is 1.87 bits per heavy atom. The molecule has 0 N–H and O–H groups in total. The Labute approximate surface area is 180 Å². The zero-order valence-electron chi connectivity index (χ0n) is 17.6. The van der Waals surface area contributed by atoms with Gasteiger partial charge >= 0.3 is 5.97 Å². The van der Waals surface area contributed by atoms with Crippen LogP contribution in [0.5, 0.6) is 17.2 Å². The first-order chi connectivity index (χ1) is 15.1. The molecule has 2 heterocycles. The van der Waals surface area contributed by atoms with Gasteiger partial charge < -0.3 is 14.2 Å². The van der Waals surface area contributed by atoms with Gasteiger partial charge in [-0.1, -0.05) is 18.2 Å². The number of nitrogens with zero attached hydrogens (tertiary/aromatic N) is 2. The highest BCUT2D eigenvalue weighted by molar-refractivity contribution is 5.92. The fourth-order valence-corrected chi connectivity index (χ4v) is 3.32. The molecule has 2 aromatic heterocycles. The Kier molecular flexibility index (Phi) is 5.80. The molecule has 0 fully saturated rings. The van der Waals surface area contributed by atoms with Gasteiger partial charge in [-0.2, -0.15) is 0 Å². The van der Waals surface area contributed by atoms with Crippen LogP contribution >= 0.6 is 0 Å². The SMILES string of the molecule is CCOC(=O)C=Cc1cc2nccc(Oc3cc4ccccc4nc3C)c2cc1OC. The number of pyridine rings is 2. The molecule has 4 rings (SSSR count). The second-order valence-corrected chi connectivity index (χ2v) is 6.87. The molecular formula is C25H22N2O4. The molecule has 6 nitrogen and oxygen atoms in total. The first-order valence-corrected chi connectivity index (χ1v) is 9.95. The maximum absolute atomic E-state index is 11.7. The Morgan fingerprint density at radius 3 is 2.68 bits per heavy atom. The molecule has 0 spiro atoms. The summed E-state index contributed by atoms with van der Waals surface area (Å²) in [6.07, 6.45) is 4.72. The third-order valence-electron chi connectivity index (χ3n) is 4.83. The number of hydrogen-bond donors (Lipinski definition) is 0. The number of para-hydroxylation sites is 1. The summed E-state index contributed by atoms with van der Waals surface area (Å²) in [5.41, 5.74) is 3.15. The van der Waals surface area contributed by atoms with Crippen LogP contribution in [0.2, 0.25) is 0 Å². The third kappa shape index (κ3) is 4.33. The molecule has 2 aromatic carbocycles. The van der Waals surface area contributed by atoms with Crippen molar-refractivity contribution in [2.75, 3.05) is 13.7 Å². The van der Waals surface area contributed by atoms with Crippen molar-refractivity contribution in [3.05, 3.63) is 72.1 Å². The lowest BCUT2D eigenvalue weighted by Gasteiger charge is -2.13. The number of hydrogen-bond acceptors (Lipinski definition) is 6. The number of ether oxygens (including phenoxy) is 3. The van der Waals surface area contributed by atoms with Crippen molar-refractivity contribution >= 4 is 33.9 Å². The summed E-state index contributed by atoms with van der Waals surface area (Å²) < 4.78 is 16.7. The number of esters is 1. The van der Waals surface area contributed by atoms with Crippen LogP contribution < -0.4 is 9.47 Å². The van der Waals surface area contributed by atoms with Gasteiger partial charge in [-0.15, -0.1) is 0 Å². The van der Waals surface area contributed by atoms with Crippen LogP contribution in [0, 0.1) is 6.92 Å². The van der Waals surface area contributed by atoms with Crippen LogP contribution in [0.4, 0.5) is 0 Å². The van der Waals surface area contributed by atoms with Crippen molar-refractivity contribution in [1.29, 1.82) is 0 Å². The van der Waals surface area contributed by atoms with E-state index >= 15 is 0 Å². The van der Waals surface area contributed by atoms with Gasteiger partial charge in [-0.3, -0.25) is 4.98 Å². The number of fused-ring (bicyclic) bond motifs is 2. The maximum atomic E-state index is 11.7. The summed E-state index contributed by atoms with van der Waals surface area (Å²) in [7, 11) is 1.58. The van der Waals surface area contributed by atoms with E-state index in [1.165, 1.54) is 6.08 Å². The van der Waals surface area contributed by atoms with Gasteiger partial charge in [0.25, 0.3) is 0 Å². The van der Waals surface area contributed by atoms with Crippen LogP contribution in [0.15, 0.2) is 60.8 Å². The first-order valence-electron chi connectivity index (χ1n) is 9.95. The predicted molar refractivity (Wildman–Crippen MR) is 121 cm³/mol. The largest absolute Gasteiger partial charge is 0.496 e. The molecule has 4 aromatic rings. The number of aryl methyl sites for hydroxylation is 1. The fourth-order valence-electron chi connectivity index (χ4n) is 3.32. The zero-order valence-corrected chi connectivity index (χ0v) is 17.6. The van der Waals surface area contributed by atoms with E-state index in [0.717, 1.165) is 27.5 Å². The van der Waals surface area contributed by atoms with E-state index in [4.69, 9.17) is 14.2 Å².